The highest BCUT2D eigenvalue weighted by atomic mass is 16.5. The van der Waals surface area contributed by atoms with Gasteiger partial charge in [0, 0.05) is 6.54 Å². The van der Waals surface area contributed by atoms with Crippen molar-refractivity contribution in [2.45, 2.75) is 13.5 Å². The van der Waals surface area contributed by atoms with Gasteiger partial charge in [-0.1, -0.05) is 29.8 Å². The van der Waals surface area contributed by atoms with Gasteiger partial charge < -0.3 is 14.8 Å². The number of amides is 1. The van der Waals surface area contributed by atoms with Gasteiger partial charge in [0.1, 0.15) is 5.75 Å². The van der Waals surface area contributed by atoms with Gasteiger partial charge in [-0.15, -0.1) is 0 Å². The average Bonchev–Trinajstić information content (AvgIpc) is 2.58. The summed E-state index contributed by atoms with van der Waals surface area (Å²) < 4.78 is 10.00. The number of hydrogen-bond donors (Lipinski definition) is 1. The van der Waals surface area contributed by atoms with E-state index in [1.54, 1.807) is 31.4 Å². The molecule has 2 aromatic rings. The fourth-order valence-electron chi connectivity index (χ4n) is 2.02. The normalized spacial score (nSPS) is 10.0. The lowest BCUT2D eigenvalue weighted by Gasteiger charge is -2.07. The molecule has 23 heavy (non-hydrogen) atoms. The lowest BCUT2D eigenvalue weighted by atomic mass is 10.1. The quantitative estimate of drug-likeness (QED) is 0.832. The first-order chi connectivity index (χ1) is 11.1. The van der Waals surface area contributed by atoms with E-state index in [4.69, 9.17) is 9.47 Å². The molecule has 0 heterocycles. The number of hydrogen-bond acceptors (Lipinski definition) is 4. The summed E-state index contributed by atoms with van der Waals surface area (Å²) in [5, 5.41) is 2.72. The molecule has 120 valence electrons. The van der Waals surface area contributed by atoms with Crippen molar-refractivity contribution in [1.82, 2.24) is 5.32 Å². The fourth-order valence-corrected chi connectivity index (χ4v) is 2.02. The molecule has 5 heteroatoms. The van der Waals surface area contributed by atoms with Crippen LogP contribution in [0.2, 0.25) is 0 Å². The third-order valence-electron chi connectivity index (χ3n) is 3.23. The first-order valence-corrected chi connectivity index (χ1v) is 7.22. The first-order valence-electron chi connectivity index (χ1n) is 7.22. The van der Waals surface area contributed by atoms with Gasteiger partial charge in [-0.05, 0) is 36.8 Å². The van der Waals surface area contributed by atoms with E-state index < -0.39 is 5.97 Å². The number of benzene rings is 2. The Bertz CT molecular complexity index is 680. The number of ether oxygens (including phenoxy) is 2. The van der Waals surface area contributed by atoms with Gasteiger partial charge in [0.15, 0.2) is 6.61 Å². The van der Waals surface area contributed by atoms with E-state index in [9.17, 15) is 9.59 Å². The van der Waals surface area contributed by atoms with E-state index in [1.165, 1.54) is 0 Å². The number of methoxy groups -OCH3 is 1. The molecule has 0 saturated carbocycles. The fraction of sp³-hybridized carbons (Fsp3) is 0.222. The Morgan fingerprint density at radius 1 is 1.09 bits per heavy atom. The molecule has 0 aliphatic rings. The predicted molar refractivity (Wildman–Crippen MR) is 86.3 cm³/mol. The third-order valence-corrected chi connectivity index (χ3v) is 3.23. The van der Waals surface area contributed by atoms with Gasteiger partial charge in [-0.3, -0.25) is 4.79 Å². The minimum atomic E-state index is -0.543. The van der Waals surface area contributed by atoms with Crippen molar-refractivity contribution in [3.8, 4) is 5.75 Å². The van der Waals surface area contributed by atoms with Crippen LogP contribution in [-0.4, -0.2) is 25.6 Å². The number of carbonyl (C=O) groups excluding carboxylic acids is 2. The van der Waals surface area contributed by atoms with Crippen LogP contribution >= 0.6 is 0 Å². The Kier molecular flexibility index (Phi) is 5.74. The maximum absolute atomic E-state index is 11.8. The number of esters is 1. The lowest BCUT2D eigenvalue weighted by Crippen LogP contribution is -2.28. The third kappa shape index (κ3) is 5.14. The summed E-state index contributed by atoms with van der Waals surface area (Å²) in [6.45, 7) is 2.08. The van der Waals surface area contributed by atoms with Crippen molar-refractivity contribution in [3.05, 3.63) is 65.2 Å². The van der Waals surface area contributed by atoms with Crippen LogP contribution in [0.5, 0.6) is 5.75 Å². The van der Waals surface area contributed by atoms with Crippen molar-refractivity contribution in [1.29, 1.82) is 0 Å². The Labute approximate surface area is 135 Å². The molecule has 0 radical (unpaired) electrons. The van der Waals surface area contributed by atoms with Crippen LogP contribution in [0.25, 0.3) is 0 Å². The highest BCUT2D eigenvalue weighted by Gasteiger charge is 2.10. The van der Waals surface area contributed by atoms with Gasteiger partial charge in [0.05, 0.1) is 12.7 Å². The van der Waals surface area contributed by atoms with Gasteiger partial charge in [0.25, 0.3) is 5.91 Å². The maximum Gasteiger partial charge on any atom is 0.338 e. The van der Waals surface area contributed by atoms with Crippen LogP contribution < -0.4 is 10.1 Å². The molecule has 1 N–H and O–H groups in total. The Morgan fingerprint density at radius 2 is 1.83 bits per heavy atom. The van der Waals surface area contributed by atoms with E-state index in [0.29, 0.717) is 17.9 Å². The zero-order chi connectivity index (χ0) is 16.7. The molecular formula is C18H19NO4. The lowest BCUT2D eigenvalue weighted by molar-refractivity contribution is -0.124. The summed E-state index contributed by atoms with van der Waals surface area (Å²) in [6, 6.07) is 14.3. The molecule has 1 amide bonds. The van der Waals surface area contributed by atoms with Gasteiger partial charge in [0.2, 0.25) is 0 Å². The standard InChI is InChI=1S/C18H19NO4/c1-13-4-3-5-14(10-13)11-19-17(20)12-23-18(21)15-6-8-16(22-2)9-7-15/h3-10H,11-12H2,1-2H3,(H,19,20). The highest BCUT2D eigenvalue weighted by Crippen LogP contribution is 2.12. The van der Waals surface area contributed by atoms with Crippen molar-refractivity contribution >= 4 is 11.9 Å². The summed E-state index contributed by atoms with van der Waals surface area (Å²) in [6.07, 6.45) is 0. The van der Waals surface area contributed by atoms with E-state index in [-0.39, 0.29) is 12.5 Å². The van der Waals surface area contributed by atoms with Crippen LogP contribution in [0.15, 0.2) is 48.5 Å². The van der Waals surface area contributed by atoms with E-state index >= 15 is 0 Å². The molecule has 2 rings (SSSR count). The van der Waals surface area contributed by atoms with E-state index in [0.717, 1.165) is 11.1 Å². The molecule has 0 unspecified atom stereocenters. The number of carbonyl (C=O) groups is 2. The van der Waals surface area contributed by atoms with Crippen LogP contribution in [0.4, 0.5) is 0 Å². The van der Waals surface area contributed by atoms with Crippen LogP contribution in [0.1, 0.15) is 21.5 Å². The first kappa shape index (κ1) is 16.5. The number of rotatable bonds is 6. The minimum Gasteiger partial charge on any atom is -0.497 e. The van der Waals surface area contributed by atoms with Crippen molar-refractivity contribution in [3.63, 3.8) is 0 Å². The monoisotopic (exact) mass is 313 g/mol. The minimum absolute atomic E-state index is 0.309. The number of aryl methyl sites for hydroxylation is 1. The molecule has 0 fully saturated rings. The summed E-state index contributed by atoms with van der Waals surface area (Å²) >= 11 is 0. The average molecular weight is 313 g/mol. The molecule has 0 aliphatic carbocycles. The Morgan fingerprint density at radius 3 is 2.48 bits per heavy atom. The highest BCUT2D eigenvalue weighted by molar-refractivity contribution is 5.91. The topological polar surface area (TPSA) is 64.6 Å². The SMILES string of the molecule is COc1ccc(C(=O)OCC(=O)NCc2cccc(C)c2)cc1. The molecule has 0 aliphatic heterocycles. The zero-order valence-electron chi connectivity index (χ0n) is 13.2. The molecule has 5 nitrogen and oxygen atoms in total. The number of nitrogens with one attached hydrogen (secondary N) is 1. The second-order valence-electron chi connectivity index (χ2n) is 5.07. The molecule has 0 aromatic heterocycles. The predicted octanol–water partition coefficient (Wildman–Crippen LogP) is 2.48. The van der Waals surface area contributed by atoms with Crippen molar-refractivity contribution in [2.75, 3.05) is 13.7 Å². The van der Waals surface area contributed by atoms with E-state index in [2.05, 4.69) is 5.32 Å². The zero-order valence-corrected chi connectivity index (χ0v) is 13.2. The maximum atomic E-state index is 11.8. The second-order valence-corrected chi connectivity index (χ2v) is 5.07. The molecule has 0 saturated heterocycles. The summed E-state index contributed by atoms with van der Waals surface area (Å²) in [4.78, 5) is 23.6. The van der Waals surface area contributed by atoms with Crippen molar-refractivity contribution in [2.24, 2.45) is 0 Å². The Hall–Kier alpha value is -2.82. The molecule has 0 spiro atoms. The largest absolute Gasteiger partial charge is 0.497 e. The second kappa shape index (κ2) is 7.98. The summed E-state index contributed by atoms with van der Waals surface area (Å²) in [7, 11) is 1.55. The molecular weight excluding hydrogens is 294 g/mol. The van der Waals surface area contributed by atoms with Gasteiger partial charge >= 0.3 is 5.97 Å². The van der Waals surface area contributed by atoms with Gasteiger partial charge in [-0.25, -0.2) is 4.79 Å². The van der Waals surface area contributed by atoms with E-state index in [1.807, 2.05) is 31.2 Å². The summed E-state index contributed by atoms with van der Waals surface area (Å²) in [5.74, 6) is -0.232. The van der Waals surface area contributed by atoms with Crippen LogP contribution in [0, 0.1) is 6.92 Å². The van der Waals surface area contributed by atoms with Gasteiger partial charge in [-0.2, -0.15) is 0 Å². The van der Waals surface area contributed by atoms with Crippen LogP contribution in [-0.2, 0) is 16.1 Å². The Balaban J connectivity index is 1.78. The summed E-state index contributed by atoms with van der Waals surface area (Å²) in [5.41, 5.74) is 2.50. The molecule has 0 bridgehead atoms. The molecule has 2 aromatic carbocycles. The molecule has 0 atom stereocenters. The van der Waals surface area contributed by atoms with Crippen molar-refractivity contribution < 1.29 is 19.1 Å². The van der Waals surface area contributed by atoms with Crippen LogP contribution in [0.3, 0.4) is 0 Å². The smallest absolute Gasteiger partial charge is 0.338 e.